The van der Waals surface area contributed by atoms with Crippen molar-refractivity contribution in [1.29, 1.82) is 0 Å². The van der Waals surface area contributed by atoms with Gasteiger partial charge in [-0.15, -0.1) is 11.3 Å². The smallest absolute Gasteiger partial charge is 0.321 e. The summed E-state index contributed by atoms with van der Waals surface area (Å²) < 4.78 is 0. The summed E-state index contributed by atoms with van der Waals surface area (Å²) in [6.45, 7) is 7.86. The van der Waals surface area contributed by atoms with Crippen molar-refractivity contribution in [3.05, 3.63) is 39.7 Å². The summed E-state index contributed by atoms with van der Waals surface area (Å²) in [5.74, 6) is -1.97. The van der Waals surface area contributed by atoms with Gasteiger partial charge in [0, 0.05) is 17.4 Å². The SMILES string of the molecule is Cc1cc(C)cc(-c2csc(CC(NC(CC(C)C)C(=O)O)C(=O)O)n2)c1. The fraction of sp³-hybridized carbons (Fsp3) is 0.450. The molecule has 0 aliphatic heterocycles. The lowest BCUT2D eigenvalue weighted by Gasteiger charge is -2.21. The van der Waals surface area contributed by atoms with Crippen molar-refractivity contribution in [2.75, 3.05) is 0 Å². The van der Waals surface area contributed by atoms with Gasteiger partial charge in [0.25, 0.3) is 0 Å². The van der Waals surface area contributed by atoms with Crippen LogP contribution in [0.2, 0.25) is 0 Å². The van der Waals surface area contributed by atoms with Crippen LogP contribution in [0.1, 0.15) is 36.4 Å². The number of nitrogens with zero attached hydrogens (tertiary/aromatic N) is 1. The largest absolute Gasteiger partial charge is 0.480 e. The molecule has 0 bridgehead atoms. The lowest BCUT2D eigenvalue weighted by molar-refractivity contribution is -0.142. The molecule has 2 unspecified atom stereocenters. The summed E-state index contributed by atoms with van der Waals surface area (Å²) in [5, 5.41) is 24.2. The second kappa shape index (κ2) is 9.10. The molecular weight excluding hydrogens is 364 g/mol. The molecule has 0 aliphatic rings. The number of aliphatic carboxylic acids is 2. The van der Waals surface area contributed by atoms with Crippen molar-refractivity contribution in [2.24, 2.45) is 5.92 Å². The van der Waals surface area contributed by atoms with E-state index in [-0.39, 0.29) is 12.3 Å². The zero-order valence-electron chi connectivity index (χ0n) is 16.0. The van der Waals surface area contributed by atoms with Gasteiger partial charge < -0.3 is 10.2 Å². The van der Waals surface area contributed by atoms with E-state index in [0.717, 1.165) is 22.4 Å². The number of carbonyl (C=O) groups is 2. The van der Waals surface area contributed by atoms with Crippen molar-refractivity contribution < 1.29 is 19.8 Å². The molecule has 6 nitrogen and oxygen atoms in total. The zero-order valence-corrected chi connectivity index (χ0v) is 16.8. The highest BCUT2D eigenvalue weighted by atomic mass is 32.1. The fourth-order valence-corrected chi connectivity index (χ4v) is 3.86. The molecule has 27 heavy (non-hydrogen) atoms. The number of benzene rings is 1. The molecule has 0 saturated carbocycles. The molecule has 146 valence electrons. The second-order valence-electron chi connectivity index (χ2n) is 7.28. The molecule has 0 fully saturated rings. The Labute approximate surface area is 163 Å². The number of aryl methyl sites for hydroxylation is 2. The molecule has 1 heterocycles. The van der Waals surface area contributed by atoms with Gasteiger partial charge in [-0.05, 0) is 38.3 Å². The number of nitrogens with one attached hydrogen (secondary N) is 1. The van der Waals surface area contributed by atoms with Gasteiger partial charge in [0.05, 0.1) is 10.7 Å². The van der Waals surface area contributed by atoms with Crippen LogP contribution in [0.5, 0.6) is 0 Å². The predicted octanol–water partition coefficient (Wildman–Crippen LogP) is 3.51. The maximum absolute atomic E-state index is 11.6. The van der Waals surface area contributed by atoms with Crippen LogP contribution in [0.25, 0.3) is 11.3 Å². The Balaban J connectivity index is 2.16. The summed E-state index contributed by atoms with van der Waals surface area (Å²) in [5.41, 5.74) is 4.09. The number of thiazole rings is 1. The van der Waals surface area contributed by atoms with E-state index >= 15 is 0 Å². The Kier molecular flexibility index (Phi) is 7.10. The Morgan fingerprint density at radius 2 is 1.67 bits per heavy atom. The Bertz CT molecular complexity index is 796. The summed E-state index contributed by atoms with van der Waals surface area (Å²) >= 11 is 1.39. The Morgan fingerprint density at radius 1 is 1.07 bits per heavy atom. The first kappa shape index (κ1) is 21.1. The van der Waals surface area contributed by atoms with Gasteiger partial charge in [0.1, 0.15) is 12.1 Å². The van der Waals surface area contributed by atoms with E-state index in [1.54, 1.807) is 0 Å². The number of carboxylic acid groups (broad SMARTS) is 2. The van der Waals surface area contributed by atoms with Crippen LogP contribution in [-0.4, -0.2) is 39.2 Å². The van der Waals surface area contributed by atoms with Crippen molar-refractivity contribution in [3.8, 4) is 11.3 Å². The van der Waals surface area contributed by atoms with Crippen LogP contribution in [0.4, 0.5) is 0 Å². The number of hydrogen-bond acceptors (Lipinski definition) is 5. The van der Waals surface area contributed by atoms with Gasteiger partial charge in [-0.3, -0.25) is 14.9 Å². The third-order valence-electron chi connectivity index (χ3n) is 4.15. The van der Waals surface area contributed by atoms with Gasteiger partial charge in [-0.25, -0.2) is 4.98 Å². The Morgan fingerprint density at radius 3 is 2.19 bits per heavy atom. The normalized spacial score (nSPS) is 13.5. The minimum Gasteiger partial charge on any atom is -0.480 e. The molecule has 7 heteroatoms. The van der Waals surface area contributed by atoms with E-state index < -0.39 is 24.0 Å². The maximum atomic E-state index is 11.6. The van der Waals surface area contributed by atoms with E-state index in [1.165, 1.54) is 11.3 Å². The van der Waals surface area contributed by atoms with E-state index in [9.17, 15) is 19.8 Å². The third-order valence-corrected chi connectivity index (χ3v) is 5.02. The van der Waals surface area contributed by atoms with Crippen LogP contribution in [0.3, 0.4) is 0 Å². The van der Waals surface area contributed by atoms with E-state index in [4.69, 9.17) is 0 Å². The zero-order chi connectivity index (χ0) is 20.1. The lowest BCUT2D eigenvalue weighted by atomic mass is 10.0. The highest BCUT2D eigenvalue weighted by Gasteiger charge is 2.27. The Hall–Kier alpha value is -2.25. The molecule has 0 spiro atoms. The first-order valence-electron chi connectivity index (χ1n) is 8.90. The van der Waals surface area contributed by atoms with Crippen molar-refractivity contribution in [3.63, 3.8) is 0 Å². The highest BCUT2D eigenvalue weighted by Crippen LogP contribution is 2.25. The summed E-state index contributed by atoms with van der Waals surface area (Å²) in [7, 11) is 0. The highest BCUT2D eigenvalue weighted by molar-refractivity contribution is 7.10. The van der Waals surface area contributed by atoms with Crippen LogP contribution >= 0.6 is 11.3 Å². The van der Waals surface area contributed by atoms with Crippen LogP contribution in [-0.2, 0) is 16.0 Å². The first-order valence-corrected chi connectivity index (χ1v) is 9.78. The molecule has 2 aromatic rings. The molecule has 3 N–H and O–H groups in total. The standard InChI is InChI=1S/C20H26N2O4S/c1-11(2)5-15(19(23)24)21-16(20(25)26)9-18-22-17(10-27-18)14-7-12(3)6-13(4)8-14/h6-8,10-11,15-16,21H,5,9H2,1-4H3,(H,23,24)(H,25,26). The molecule has 0 amide bonds. The first-order chi connectivity index (χ1) is 12.7. The average Bonchev–Trinajstić information content (AvgIpc) is 3.00. The predicted molar refractivity (Wildman–Crippen MR) is 106 cm³/mol. The quantitative estimate of drug-likeness (QED) is 0.606. The minimum atomic E-state index is -1.08. The van der Waals surface area contributed by atoms with E-state index in [0.29, 0.717) is 11.4 Å². The van der Waals surface area contributed by atoms with Gasteiger partial charge in [-0.2, -0.15) is 0 Å². The molecule has 1 aromatic carbocycles. The summed E-state index contributed by atoms with van der Waals surface area (Å²) in [6.07, 6.45) is 0.511. The molecule has 2 atom stereocenters. The lowest BCUT2D eigenvalue weighted by Crippen LogP contribution is -2.48. The maximum Gasteiger partial charge on any atom is 0.321 e. The van der Waals surface area contributed by atoms with Crippen molar-refractivity contribution in [2.45, 2.75) is 52.6 Å². The second-order valence-corrected chi connectivity index (χ2v) is 8.23. The molecule has 2 rings (SSSR count). The third kappa shape index (κ3) is 6.15. The van der Waals surface area contributed by atoms with Gasteiger partial charge in [-0.1, -0.05) is 31.0 Å². The molecule has 1 aromatic heterocycles. The topological polar surface area (TPSA) is 99.5 Å². The summed E-state index contributed by atoms with van der Waals surface area (Å²) in [6, 6.07) is 4.28. The fourth-order valence-electron chi connectivity index (χ4n) is 3.01. The molecule has 0 aliphatic carbocycles. The van der Waals surface area contributed by atoms with Crippen LogP contribution in [0.15, 0.2) is 23.6 Å². The van der Waals surface area contributed by atoms with Gasteiger partial charge >= 0.3 is 11.9 Å². The van der Waals surface area contributed by atoms with Crippen molar-refractivity contribution >= 4 is 23.3 Å². The number of hydrogen-bond donors (Lipinski definition) is 3. The number of aromatic nitrogens is 1. The van der Waals surface area contributed by atoms with Gasteiger partial charge in [0.2, 0.25) is 0 Å². The monoisotopic (exact) mass is 390 g/mol. The number of carboxylic acids is 2. The minimum absolute atomic E-state index is 0.143. The van der Waals surface area contributed by atoms with Crippen LogP contribution < -0.4 is 5.32 Å². The molecular formula is C20H26N2O4S. The number of rotatable bonds is 9. The molecule has 0 radical (unpaired) electrons. The van der Waals surface area contributed by atoms with Gasteiger partial charge in [0.15, 0.2) is 0 Å². The molecule has 0 saturated heterocycles. The van der Waals surface area contributed by atoms with Crippen molar-refractivity contribution in [1.82, 2.24) is 10.3 Å². The van der Waals surface area contributed by atoms with Crippen LogP contribution in [0, 0.1) is 19.8 Å². The summed E-state index contributed by atoms with van der Waals surface area (Å²) in [4.78, 5) is 27.6. The average molecular weight is 391 g/mol. The van der Waals surface area contributed by atoms with E-state index in [1.807, 2.05) is 45.2 Å². The van der Waals surface area contributed by atoms with E-state index in [2.05, 4.69) is 16.4 Å².